The lowest BCUT2D eigenvalue weighted by Gasteiger charge is -2.32. The highest BCUT2D eigenvalue weighted by Gasteiger charge is 2.53. The number of aromatic nitrogens is 1. The molecule has 0 aliphatic carbocycles. The zero-order valence-corrected chi connectivity index (χ0v) is 12.8. The molecule has 2 rings (SSSR count). The van der Waals surface area contributed by atoms with Crippen LogP contribution in [0.1, 0.15) is 33.3 Å². The third-order valence-electron chi connectivity index (χ3n) is 3.84. The monoisotopic (exact) mass is 296 g/mol. The first kappa shape index (κ1) is 15.3. The second-order valence-electron chi connectivity index (χ2n) is 5.90. The molecular weight excluding hydrogens is 278 g/mol. The second-order valence-corrected chi connectivity index (χ2v) is 6.28. The average molecular weight is 297 g/mol. The predicted octanol–water partition coefficient (Wildman–Crippen LogP) is 1.06. The quantitative estimate of drug-likeness (QED) is 0.847. The number of carbonyl (C=O) groups is 1. The van der Waals surface area contributed by atoms with Crippen molar-refractivity contribution in [3.8, 4) is 0 Å². The van der Waals surface area contributed by atoms with Crippen molar-refractivity contribution in [2.75, 3.05) is 0 Å². The molecule has 0 spiro atoms. The summed E-state index contributed by atoms with van der Waals surface area (Å²) in [7, 11) is -0.652. The fourth-order valence-corrected chi connectivity index (χ4v) is 2.21. The molecule has 0 saturated carbocycles. The van der Waals surface area contributed by atoms with Gasteiger partial charge in [-0.2, -0.15) is 0 Å². The van der Waals surface area contributed by atoms with E-state index >= 15 is 0 Å². The van der Waals surface area contributed by atoms with Crippen LogP contribution in [-0.2, 0) is 20.5 Å². The van der Waals surface area contributed by atoms with Gasteiger partial charge in [-0.05, 0) is 39.3 Å². The lowest BCUT2D eigenvalue weighted by molar-refractivity contribution is -0.117. The minimum atomic E-state index is -0.652. The number of pyridine rings is 1. The fraction of sp³-hybridized carbons (Fsp3) is 0.538. The maximum absolute atomic E-state index is 11.0. The normalized spacial score (nSPS) is 20.1. The SMILES string of the molecule is CC1(C)OB(c2nccc(CC(N)=O)c2Cl)OC1(C)C. The lowest BCUT2D eigenvalue weighted by Crippen LogP contribution is -2.41. The minimum Gasteiger partial charge on any atom is -0.398 e. The van der Waals surface area contributed by atoms with Crippen molar-refractivity contribution >= 4 is 30.2 Å². The fourth-order valence-electron chi connectivity index (χ4n) is 1.95. The average Bonchev–Trinajstić information content (AvgIpc) is 2.50. The molecule has 1 aliphatic heterocycles. The van der Waals surface area contributed by atoms with Gasteiger partial charge in [0.1, 0.15) is 0 Å². The van der Waals surface area contributed by atoms with E-state index < -0.39 is 24.2 Å². The number of primary amides is 1. The van der Waals surface area contributed by atoms with Gasteiger partial charge in [0.05, 0.1) is 28.2 Å². The summed E-state index contributed by atoms with van der Waals surface area (Å²) in [6, 6.07) is 1.67. The lowest BCUT2D eigenvalue weighted by atomic mass is 9.83. The summed E-state index contributed by atoms with van der Waals surface area (Å²) in [6.45, 7) is 7.81. The smallest absolute Gasteiger partial charge is 0.398 e. The molecule has 5 nitrogen and oxygen atoms in total. The Morgan fingerprint density at radius 3 is 2.40 bits per heavy atom. The molecule has 1 saturated heterocycles. The zero-order valence-electron chi connectivity index (χ0n) is 12.1. The van der Waals surface area contributed by atoms with Gasteiger partial charge in [-0.3, -0.25) is 9.78 Å². The van der Waals surface area contributed by atoms with Gasteiger partial charge in [0.15, 0.2) is 0 Å². The molecule has 1 aliphatic rings. The number of amides is 1. The molecule has 1 aromatic rings. The van der Waals surface area contributed by atoms with Crippen molar-refractivity contribution in [2.24, 2.45) is 5.73 Å². The van der Waals surface area contributed by atoms with E-state index in [1.807, 2.05) is 27.7 Å². The summed E-state index contributed by atoms with van der Waals surface area (Å²) in [4.78, 5) is 15.3. The Labute approximate surface area is 123 Å². The number of halogens is 1. The Morgan fingerprint density at radius 2 is 1.90 bits per heavy atom. The highest BCUT2D eigenvalue weighted by atomic mass is 35.5. The van der Waals surface area contributed by atoms with Crippen molar-refractivity contribution in [3.63, 3.8) is 0 Å². The molecular formula is C13H18BClN2O3. The van der Waals surface area contributed by atoms with Crippen LogP contribution >= 0.6 is 11.6 Å². The van der Waals surface area contributed by atoms with Gasteiger partial charge in [-0.15, -0.1) is 0 Å². The van der Waals surface area contributed by atoms with Crippen molar-refractivity contribution in [3.05, 3.63) is 22.8 Å². The molecule has 108 valence electrons. The molecule has 1 amide bonds. The van der Waals surface area contributed by atoms with Gasteiger partial charge in [0.2, 0.25) is 5.91 Å². The van der Waals surface area contributed by atoms with Crippen LogP contribution in [0.5, 0.6) is 0 Å². The van der Waals surface area contributed by atoms with Gasteiger partial charge < -0.3 is 15.0 Å². The van der Waals surface area contributed by atoms with Gasteiger partial charge in [-0.1, -0.05) is 11.6 Å². The number of hydrogen-bond donors (Lipinski definition) is 1. The van der Waals surface area contributed by atoms with E-state index in [0.717, 1.165) is 0 Å². The molecule has 1 fully saturated rings. The molecule has 1 aromatic heterocycles. The van der Waals surface area contributed by atoms with Crippen LogP contribution in [0.15, 0.2) is 12.3 Å². The van der Waals surface area contributed by atoms with Gasteiger partial charge in [0.25, 0.3) is 0 Å². The molecule has 20 heavy (non-hydrogen) atoms. The Morgan fingerprint density at radius 1 is 1.35 bits per heavy atom. The highest BCUT2D eigenvalue weighted by Crippen LogP contribution is 2.36. The molecule has 0 radical (unpaired) electrons. The van der Waals surface area contributed by atoms with Crippen LogP contribution in [0.4, 0.5) is 0 Å². The Hall–Kier alpha value is -1.11. The molecule has 0 atom stereocenters. The zero-order chi connectivity index (χ0) is 15.1. The van der Waals surface area contributed by atoms with Crippen molar-refractivity contribution in [2.45, 2.75) is 45.3 Å². The van der Waals surface area contributed by atoms with Crippen LogP contribution in [0.25, 0.3) is 0 Å². The predicted molar refractivity (Wildman–Crippen MR) is 77.9 cm³/mol. The minimum absolute atomic E-state index is 0.0634. The maximum atomic E-state index is 11.0. The largest absolute Gasteiger partial charge is 0.516 e. The summed E-state index contributed by atoms with van der Waals surface area (Å²) in [6.07, 6.45) is 1.64. The first-order chi connectivity index (χ1) is 9.14. The molecule has 0 bridgehead atoms. The van der Waals surface area contributed by atoms with Crippen molar-refractivity contribution in [1.29, 1.82) is 0 Å². The van der Waals surface area contributed by atoms with Crippen molar-refractivity contribution < 1.29 is 14.1 Å². The number of nitrogens with two attached hydrogens (primary N) is 1. The third-order valence-corrected chi connectivity index (χ3v) is 4.27. The van der Waals surface area contributed by atoms with Crippen molar-refractivity contribution in [1.82, 2.24) is 4.98 Å². The van der Waals surface area contributed by atoms with Gasteiger partial charge in [0, 0.05) is 6.20 Å². The molecule has 0 unspecified atom stereocenters. The first-order valence-corrected chi connectivity index (χ1v) is 6.79. The molecule has 2 heterocycles. The molecule has 2 N–H and O–H groups in total. The van der Waals surface area contributed by atoms with Gasteiger partial charge in [-0.25, -0.2) is 0 Å². The van der Waals surface area contributed by atoms with Crippen LogP contribution in [0, 0.1) is 0 Å². The van der Waals surface area contributed by atoms with Crippen LogP contribution < -0.4 is 11.3 Å². The number of hydrogen-bond acceptors (Lipinski definition) is 4. The van der Waals surface area contributed by atoms with E-state index in [1.54, 1.807) is 12.3 Å². The van der Waals surface area contributed by atoms with Crippen LogP contribution in [-0.4, -0.2) is 29.2 Å². The van der Waals surface area contributed by atoms with Gasteiger partial charge >= 0.3 is 7.12 Å². The third kappa shape index (κ3) is 2.68. The topological polar surface area (TPSA) is 74.4 Å². The summed E-state index contributed by atoms with van der Waals surface area (Å²) in [5, 5.41) is 0.366. The number of nitrogens with zero attached hydrogens (tertiary/aromatic N) is 1. The summed E-state index contributed by atoms with van der Waals surface area (Å²) >= 11 is 6.29. The van der Waals surface area contributed by atoms with E-state index in [1.165, 1.54) is 0 Å². The van der Waals surface area contributed by atoms with Crippen LogP contribution in [0.2, 0.25) is 5.02 Å². The standard InChI is InChI=1S/C13H18BClN2O3/c1-12(2)13(3,4)20-14(19-12)11-10(15)8(5-6-17-11)7-9(16)18/h5-6H,7H2,1-4H3,(H2,16,18). The van der Waals surface area contributed by atoms with E-state index in [9.17, 15) is 4.79 Å². The Bertz CT molecular complexity index is 532. The van der Waals surface area contributed by atoms with Crippen LogP contribution in [0.3, 0.4) is 0 Å². The highest BCUT2D eigenvalue weighted by molar-refractivity contribution is 6.64. The molecule has 7 heteroatoms. The maximum Gasteiger partial charge on any atom is 0.516 e. The van der Waals surface area contributed by atoms with E-state index in [0.29, 0.717) is 16.2 Å². The number of carbonyl (C=O) groups excluding carboxylic acids is 1. The summed E-state index contributed by atoms with van der Waals surface area (Å²) in [5.74, 6) is -0.446. The Kier molecular flexibility index (Phi) is 3.84. The van der Waals surface area contributed by atoms with E-state index in [4.69, 9.17) is 26.6 Å². The number of rotatable bonds is 3. The van der Waals surface area contributed by atoms with E-state index in [2.05, 4.69) is 4.98 Å². The first-order valence-electron chi connectivity index (χ1n) is 6.41. The Balaban J connectivity index is 2.34. The summed E-state index contributed by atoms with van der Waals surface area (Å²) in [5.41, 5.74) is 5.36. The second kappa shape index (κ2) is 5.02. The summed E-state index contributed by atoms with van der Waals surface area (Å²) < 4.78 is 11.8. The van der Waals surface area contributed by atoms with E-state index in [-0.39, 0.29) is 6.42 Å². The molecule has 0 aromatic carbocycles.